The van der Waals surface area contributed by atoms with E-state index in [4.69, 9.17) is 11.6 Å². The van der Waals surface area contributed by atoms with Crippen LogP contribution in [0.1, 0.15) is 29.5 Å². The number of anilines is 2. The first-order valence-corrected chi connectivity index (χ1v) is 14.1. The Labute approximate surface area is 249 Å². The van der Waals surface area contributed by atoms with Gasteiger partial charge in [-0.05, 0) is 38.1 Å². The molecule has 43 heavy (non-hydrogen) atoms. The molecule has 224 valence electrons. The topological polar surface area (TPSA) is 126 Å². The number of carbonyl (C=O) groups is 2. The van der Waals surface area contributed by atoms with Crippen LogP contribution >= 0.6 is 11.6 Å². The number of nitrogens with one attached hydrogen (secondary N) is 1. The molecule has 5 heterocycles. The van der Waals surface area contributed by atoms with E-state index in [1.54, 1.807) is 0 Å². The van der Waals surface area contributed by atoms with Crippen molar-refractivity contribution in [1.29, 1.82) is 0 Å². The summed E-state index contributed by atoms with van der Waals surface area (Å²) in [6.45, 7) is 4.26. The molecule has 0 aliphatic carbocycles. The number of aromatic hydroxyl groups is 1. The molecule has 2 aliphatic rings. The van der Waals surface area contributed by atoms with Gasteiger partial charge >= 0.3 is 0 Å². The van der Waals surface area contributed by atoms with Crippen LogP contribution in [0.3, 0.4) is 0 Å². The zero-order valence-electron chi connectivity index (χ0n) is 23.4. The van der Waals surface area contributed by atoms with E-state index in [1.165, 1.54) is 27.5 Å². The van der Waals surface area contributed by atoms with Crippen LogP contribution in [0.4, 0.5) is 20.3 Å². The van der Waals surface area contributed by atoms with E-state index in [9.17, 15) is 28.3 Å². The average molecular weight is 612 g/mol. The number of rotatable bonds is 6. The summed E-state index contributed by atoms with van der Waals surface area (Å²) in [5.41, 5.74) is -0.0146. The van der Waals surface area contributed by atoms with Crippen LogP contribution in [0.2, 0.25) is 5.02 Å². The van der Waals surface area contributed by atoms with Crippen molar-refractivity contribution >= 4 is 46.3 Å². The molecule has 1 unspecified atom stereocenters. The Morgan fingerprint density at radius 1 is 1.21 bits per heavy atom. The minimum absolute atomic E-state index is 0.0436. The summed E-state index contributed by atoms with van der Waals surface area (Å²) in [7, 11) is 2.00. The Bertz CT molecular complexity index is 1860. The molecule has 6 rings (SSSR count). The maximum atomic E-state index is 14.8. The summed E-state index contributed by atoms with van der Waals surface area (Å²) in [6.07, 6.45) is 3.07. The Kier molecular flexibility index (Phi) is 7.38. The number of benzene rings is 1. The highest BCUT2D eigenvalue weighted by Crippen LogP contribution is 2.34. The molecule has 4 aromatic rings. The molecular weight excluding hydrogens is 584 g/mol. The number of aldehydes is 1. The van der Waals surface area contributed by atoms with Crippen LogP contribution in [-0.2, 0) is 24.3 Å². The summed E-state index contributed by atoms with van der Waals surface area (Å²) >= 11 is 6.20. The van der Waals surface area contributed by atoms with Gasteiger partial charge in [0.1, 0.15) is 28.9 Å². The lowest BCUT2D eigenvalue weighted by Gasteiger charge is -2.39. The number of aromatic nitrogens is 4. The van der Waals surface area contributed by atoms with Gasteiger partial charge in [0.2, 0.25) is 11.9 Å². The number of likely N-dealkylation sites (N-methyl/N-ethyl adjacent to an activating group) is 1. The van der Waals surface area contributed by atoms with Crippen molar-refractivity contribution in [3.63, 3.8) is 0 Å². The van der Waals surface area contributed by atoms with Gasteiger partial charge in [-0.1, -0.05) is 11.6 Å². The number of nitrogens with zero attached hydrogens (tertiary/aromatic N) is 6. The van der Waals surface area contributed by atoms with Crippen molar-refractivity contribution in [3.8, 4) is 16.9 Å². The van der Waals surface area contributed by atoms with Crippen molar-refractivity contribution in [2.24, 2.45) is 0 Å². The molecule has 0 saturated carbocycles. The third-order valence-corrected chi connectivity index (χ3v) is 8.34. The molecule has 1 saturated heterocycles. The molecule has 2 N–H and O–H groups in total. The number of hydrogen-bond donors (Lipinski definition) is 2. The quantitative estimate of drug-likeness (QED) is 0.251. The molecule has 14 heteroatoms. The molecule has 1 aromatic carbocycles. The molecule has 0 spiro atoms. The zero-order valence-corrected chi connectivity index (χ0v) is 24.2. The summed E-state index contributed by atoms with van der Waals surface area (Å²) in [5, 5.41) is 12.4. The Morgan fingerprint density at radius 2 is 2.00 bits per heavy atom. The van der Waals surface area contributed by atoms with Crippen molar-refractivity contribution in [2.75, 3.05) is 36.9 Å². The highest BCUT2D eigenvalue weighted by atomic mass is 35.5. The number of halogens is 3. The third kappa shape index (κ3) is 5.12. The summed E-state index contributed by atoms with van der Waals surface area (Å²) in [4.78, 5) is 51.1. The third-order valence-electron chi connectivity index (χ3n) is 7.99. The Morgan fingerprint density at radius 3 is 2.74 bits per heavy atom. The van der Waals surface area contributed by atoms with Gasteiger partial charge in [0.15, 0.2) is 17.9 Å². The number of phenols is 1. The number of hydrogen-bond acceptors (Lipinski definition) is 8. The standard InChI is InChI=1S/C29H28ClF2N7O4/c1-15-11-36(2)6-7-38(15)22-10-20(25(30)27(32)34-22)33-23(41)13-37-12-18(16-8-17(14-40)26(42)19(31)9-16)24-28(37)35-21-4-3-5-39(21)29(24)43/h8-10,12,14-15,42H,3-7,11,13H2,1-2H3,(H,33,34,41). The van der Waals surface area contributed by atoms with Gasteiger partial charge < -0.3 is 24.8 Å². The molecule has 3 aromatic heterocycles. The number of amides is 1. The maximum Gasteiger partial charge on any atom is 0.263 e. The number of aryl methyl sites for hydroxylation is 1. The van der Waals surface area contributed by atoms with Crippen LogP contribution in [0.5, 0.6) is 5.75 Å². The summed E-state index contributed by atoms with van der Waals surface area (Å²) < 4.78 is 32.3. The second-order valence-corrected chi connectivity index (χ2v) is 11.3. The SMILES string of the molecule is CC1CN(C)CCN1c1cc(NC(=O)Cn2cc(-c3cc(F)c(O)c(C=O)c3)c3c(=O)n4c(nc32)CCC4)c(Cl)c(F)n1. The predicted octanol–water partition coefficient (Wildman–Crippen LogP) is 3.43. The fraction of sp³-hybridized carbons (Fsp3) is 0.345. The number of phenolic OH excluding ortho intramolecular Hbond substituents is 1. The largest absolute Gasteiger partial charge is 0.504 e. The molecule has 1 amide bonds. The Balaban J connectivity index is 1.38. The van der Waals surface area contributed by atoms with Gasteiger partial charge in [-0.25, -0.2) is 14.4 Å². The lowest BCUT2D eigenvalue weighted by atomic mass is 10.0. The zero-order chi connectivity index (χ0) is 30.6. The lowest BCUT2D eigenvalue weighted by molar-refractivity contribution is -0.116. The lowest BCUT2D eigenvalue weighted by Crippen LogP contribution is -2.50. The van der Waals surface area contributed by atoms with Crippen molar-refractivity contribution in [3.05, 3.63) is 62.9 Å². The fourth-order valence-electron chi connectivity index (χ4n) is 5.88. The van der Waals surface area contributed by atoms with Gasteiger partial charge in [-0.3, -0.25) is 19.0 Å². The number of piperazine rings is 1. The summed E-state index contributed by atoms with van der Waals surface area (Å²) in [6, 6.07) is 3.86. The van der Waals surface area contributed by atoms with Crippen LogP contribution in [0, 0.1) is 11.8 Å². The van der Waals surface area contributed by atoms with E-state index in [1.807, 2.05) is 18.9 Å². The van der Waals surface area contributed by atoms with Crippen molar-refractivity contribution in [1.82, 2.24) is 24.0 Å². The first kappa shape index (κ1) is 28.7. The summed E-state index contributed by atoms with van der Waals surface area (Å²) in [5.74, 6) is -2.44. The smallest absolute Gasteiger partial charge is 0.263 e. The second kappa shape index (κ2) is 11.0. The highest BCUT2D eigenvalue weighted by Gasteiger charge is 2.27. The molecule has 0 radical (unpaired) electrons. The first-order chi connectivity index (χ1) is 20.5. The predicted molar refractivity (Wildman–Crippen MR) is 157 cm³/mol. The van der Waals surface area contributed by atoms with E-state index in [0.717, 1.165) is 19.2 Å². The van der Waals surface area contributed by atoms with Crippen LogP contribution in [0.25, 0.3) is 22.2 Å². The molecule has 2 aliphatic heterocycles. The fourth-order valence-corrected chi connectivity index (χ4v) is 6.03. The van der Waals surface area contributed by atoms with Gasteiger partial charge in [-0.15, -0.1) is 0 Å². The van der Waals surface area contributed by atoms with Crippen LogP contribution in [-0.4, -0.2) is 74.0 Å². The number of pyridine rings is 1. The monoisotopic (exact) mass is 611 g/mol. The number of carbonyl (C=O) groups excluding carboxylic acids is 2. The van der Waals surface area contributed by atoms with Crippen molar-refractivity contribution < 1.29 is 23.5 Å². The van der Waals surface area contributed by atoms with E-state index in [-0.39, 0.29) is 56.6 Å². The van der Waals surface area contributed by atoms with E-state index in [0.29, 0.717) is 43.9 Å². The minimum Gasteiger partial charge on any atom is -0.504 e. The second-order valence-electron chi connectivity index (χ2n) is 11.0. The minimum atomic E-state index is -1.03. The molecular formula is C29H28ClF2N7O4. The van der Waals surface area contributed by atoms with Gasteiger partial charge in [0, 0.05) is 56.5 Å². The molecule has 0 bridgehead atoms. The van der Waals surface area contributed by atoms with Gasteiger partial charge in [0.05, 0.1) is 16.6 Å². The molecule has 1 atom stereocenters. The van der Waals surface area contributed by atoms with E-state index >= 15 is 0 Å². The van der Waals surface area contributed by atoms with Gasteiger partial charge in [-0.2, -0.15) is 4.39 Å². The van der Waals surface area contributed by atoms with Crippen LogP contribution in [0.15, 0.2) is 29.2 Å². The van der Waals surface area contributed by atoms with E-state index < -0.39 is 23.4 Å². The molecule has 1 fully saturated rings. The Hall–Kier alpha value is -4.36. The molecule has 11 nitrogen and oxygen atoms in total. The van der Waals surface area contributed by atoms with E-state index in [2.05, 4.69) is 20.2 Å². The highest BCUT2D eigenvalue weighted by molar-refractivity contribution is 6.33. The van der Waals surface area contributed by atoms with Crippen LogP contribution < -0.4 is 15.8 Å². The number of fused-ring (bicyclic) bond motifs is 2. The average Bonchev–Trinajstić information content (AvgIpc) is 3.58. The maximum absolute atomic E-state index is 14.8. The normalized spacial score (nSPS) is 17.0. The van der Waals surface area contributed by atoms with Crippen molar-refractivity contribution in [2.45, 2.75) is 38.9 Å². The first-order valence-electron chi connectivity index (χ1n) is 13.8. The van der Waals surface area contributed by atoms with Gasteiger partial charge in [0.25, 0.3) is 5.56 Å².